The maximum Gasteiger partial charge on any atom is 0.322 e. The van der Waals surface area contributed by atoms with Crippen LogP contribution in [-0.2, 0) is 40.0 Å². The van der Waals surface area contributed by atoms with E-state index in [-0.39, 0.29) is 24.8 Å². The number of piperidine rings is 1. The minimum atomic E-state index is -0.853. The van der Waals surface area contributed by atoms with Crippen molar-refractivity contribution < 1.29 is 38.1 Å². The predicted molar refractivity (Wildman–Crippen MR) is 162 cm³/mol. The number of carbonyl (C=O) groups excluding carboxylic acids is 4. The van der Waals surface area contributed by atoms with E-state index in [2.05, 4.69) is 38.3 Å². The Balaban J connectivity index is 0. The van der Waals surface area contributed by atoms with Crippen molar-refractivity contribution in [2.45, 2.75) is 60.4 Å². The van der Waals surface area contributed by atoms with Crippen molar-refractivity contribution in [1.82, 2.24) is 4.90 Å². The van der Waals surface area contributed by atoms with Crippen molar-refractivity contribution in [3.8, 4) is 5.75 Å². The summed E-state index contributed by atoms with van der Waals surface area (Å²) < 4.78 is 18.5. The minimum Gasteiger partial charge on any atom is -0.429 e. The molecule has 1 aliphatic rings. The van der Waals surface area contributed by atoms with Gasteiger partial charge in [-0.2, -0.15) is 0 Å². The lowest BCUT2D eigenvalue weighted by molar-refractivity contribution is -0.175. The quantitative estimate of drug-likeness (QED) is 0.237. The maximum atomic E-state index is 10.7. The molecule has 4 N–H and O–H groups in total. The van der Waals surface area contributed by atoms with Crippen LogP contribution in [0.1, 0.15) is 51.7 Å². The van der Waals surface area contributed by atoms with Gasteiger partial charge in [0.05, 0.1) is 13.2 Å². The number of benzene rings is 2. The second-order valence-electron chi connectivity index (χ2n) is 8.62. The molecule has 11 nitrogen and oxygen atoms in total. The first-order valence-electron chi connectivity index (χ1n) is 13.9. The Morgan fingerprint density at radius 3 is 2.02 bits per heavy atom. The third-order valence-electron chi connectivity index (χ3n) is 5.35. The Morgan fingerprint density at radius 1 is 1.00 bits per heavy atom. The van der Waals surface area contributed by atoms with E-state index in [1.165, 1.54) is 12.5 Å². The van der Waals surface area contributed by atoms with Crippen LogP contribution < -0.4 is 16.2 Å². The number of likely N-dealkylation sites (tertiary alicyclic amines) is 1. The molecule has 1 unspecified atom stereocenters. The molecule has 0 bridgehead atoms. The van der Waals surface area contributed by atoms with E-state index in [1.807, 2.05) is 58.0 Å². The number of rotatable bonds is 10. The summed E-state index contributed by atoms with van der Waals surface area (Å²) in [6, 6.07) is 17.5. The van der Waals surface area contributed by atoms with Crippen LogP contribution in [-0.4, -0.2) is 69.3 Å². The molecule has 0 radical (unpaired) electrons. The molecule has 2 aromatic carbocycles. The molecule has 2 aromatic rings. The Morgan fingerprint density at radius 2 is 1.57 bits per heavy atom. The average Bonchev–Trinajstić information content (AvgIpc) is 3.00. The van der Waals surface area contributed by atoms with Gasteiger partial charge in [0.2, 0.25) is 12.2 Å². The van der Waals surface area contributed by atoms with Crippen molar-refractivity contribution in [3.63, 3.8) is 0 Å². The highest BCUT2D eigenvalue weighted by Crippen LogP contribution is 2.14. The molecule has 0 aliphatic carbocycles. The summed E-state index contributed by atoms with van der Waals surface area (Å²) in [4.78, 5) is 42.7. The number of carbonyl (C=O) groups is 4. The standard InChI is InChI=1S/C9H12O.C8H8O2.C7H14N2O.C5H9NO4.C2H6/c1-2-10-8-9-6-4-3-5-7-9;1-7-2-4-8(5-3-7)10-6-9;1-9-4-2-6(3-5-9)7(8)10;1-4(9-3-7)10-5(8)2-6;1-2/h3-7H,2,8H2,1H3;2-6H,1H3;6H,2-5H2,1H3,(H2,8,10);3-4H,2,6H2,1H3;1-2H3. The largest absolute Gasteiger partial charge is 0.429 e. The van der Waals surface area contributed by atoms with E-state index in [9.17, 15) is 19.2 Å². The van der Waals surface area contributed by atoms with Gasteiger partial charge in [-0.25, -0.2) is 0 Å². The van der Waals surface area contributed by atoms with E-state index >= 15 is 0 Å². The number of nitrogens with zero attached hydrogens (tertiary/aromatic N) is 1. The molecule has 0 spiro atoms. The van der Waals surface area contributed by atoms with Crippen molar-refractivity contribution in [3.05, 3.63) is 65.7 Å². The molecule has 1 aliphatic heterocycles. The van der Waals surface area contributed by atoms with Crippen molar-refractivity contribution >= 4 is 24.8 Å². The minimum absolute atomic E-state index is 0.131. The van der Waals surface area contributed by atoms with Crippen LogP contribution in [0.2, 0.25) is 0 Å². The topological polar surface area (TPSA) is 160 Å². The SMILES string of the molecule is CC.CC(OC=O)OC(=O)CN.CCOCc1ccccc1.CN1CCC(C(N)=O)CC1.Cc1ccc(OC=O)cc1. The van der Waals surface area contributed by atoms with Crippen LogP contribution in [0.4, 0.5) is 0 Å². The van der Waals surface area contributed by atoms with E-state index in [0.717, 1.165) is 44.7 Å². The van der Waals surface area contributed by atoms with E-state index in [4.69, 9.17) is 16.2 Å². The number of nitrogens with two attached hydrogens (primary N) is 2. The van der Waals surface area contributed by atoms with Gasteiger partial charge in [0.1, 0.15) is 5.75 Å². The number of ether oxygens (including phenoxy) is 4. The van der Waals surface area contributed by atoms with Gasteiger partial charge in [0.15, 0.2) is 0 Å². The van der Waals surface area contributed by atoms with E-state index in [1.54, 1.807) is 12.1 Å². The highest BCUT2D eigenvalue weighted by Gasteiger charge is 2.20. The van der Waals surface area contributed by atoms with Crippen molar-refractivity contribution in [1.29, 1.82) is 0 Å². The summed E-state index contributed by atoms with van der Waals surface area (Å²) in [5.74, 6) is -0.0146. The Kier molecular flexibility index (Phi) is 26.3. The summed E-state index contributed by atoms with van der Waals surface area (Å²) in [5.41, 5.74) is 12.4. The maximum absolute atomic E-state index is 10.7. The summed E-state index contributed by atoms with van der Waals surface area (Å²) in [5, 5.41) is 0. The second kappa shape index (κ2) is 27.4. The summed E-state index contributed by atoms with van der Waals surface area (Å²) in [6.07, 6.45) is 1.02. The molecule has 42 heavy (non-hydrogen) atoms. The fourth-order valence-electron chi connectivity index (χ4n) is 3.10. The number of aryl methyl sites for hydroxylation is 1. The molecular formula is C31H49N3O8. The van der Waals surface area contributed by atoms with Crippen LogP contribution in [0.5, 0.6) is 5.75 Å². The predicted octanol–water partition coefficient (Wildman–Crippen LogP) is 3.60. The van der Waals surface area contributed by atoms with Crippen molar-refractivity contribution in [2.75, 3.05) is 33.3 Å². The zero-order chi connectivity index (χ0) is 32.2. The monoisotopic (exact) mass is 591 g/mol. The normalized spacial score (nSPS) is 12.8. The van der Waals surface area contributed by atoms with Crippen LogP contribution in [0.25, 0.3) is 0 Å². The molecule has 236 valence electrons. The smallest absolute Gasteiger partial charge is 0.322 e. The van der Waals surface area contributed by atoms with Gasteiger partial charge in [-0.1, -0.05) is 61.9 Å². The highest BCUT2D eigenvalue weighted by atomic mass is 16.7. The number of primary amides is 1. The van der Waals surface area contributed by atoms with Crippen LogP contribution in [0, 0.1) is 12.8 Å². The van der Waals surface area contributed by atoms with Crippen LogP contribution >= 0.6 is 0 Å². The summed E-state index contributed by atoms with van der Waals surface area (Å²) in [6.45, 7) is 13.3. The number of hydrogen-bond acceptors (Lipinski definition) is 10. The molecule has 1 fully saturated rings. The molecule has 1 atom stereocenters. The molecule has 11 heteroatoms. The Hall–Kier alpha value is -3.80. The van der Waals surface area contributed by atoms with Crippen LogP contribution in [0.15, 0.2) is 54.6 Å². The highest BCUT2D eigenvalue weighted by molar-refractivity contribution is 5.76. The molecule has 1 heterocycles. The molecular weight excluding hydrogens is 542 g/mol. The van der Waals surface area contributed by atoms with E-state index in [0.29, 0.717) is 12.2 Å². The van der Waals surface area contributed by atoms with Gasteiger partial charge in [-0.3, -0.25) is 19.2 Å². The van der Waals surface area contributed by atoms with Gasteiger partial charge < -0.3 is 35.3 Å². The third kappa shape index (κ3) is 23.0. The fourth-order valence-corrected chi connectivity index (χ4v) is 3.10. The van der Waals surface area contributed by atoms with E-state index < -0.39 is 12.3 Å². The van der Waals surface area contributed by atoms with Gasteiger partial charge in [0, 0.05) is 19.4 Å². The lowest BCUT2D eigenvalue weighted by atomic mass is 9.97. The second-order valence-corrected chi connectivity index (χ2v) is 8.62. The zero-order valence-electron chi connectivity index (χ0n) is 25.8. The number of esters is 1. The first-order valence-corrected chi connectivity index (χ1v) is 13.9. The van der Waals surface area contributed by atoms with Crippen LogP contribution in [0.3, 0.4) is 0 Å². The molecule has 3 rings (SSSR count). The lowest BCUT2D eigenvalue weighted by Crippen LogP contribution is -2.36. The first kappa shape index (κ1) is 40.3. The Bertz CT molecular complexity index is 950. The van der Waals surface area contributed by atoms with Gasteiger partial charge >= 0.3 is 5.97 Å². The molecule has 1 saturated heterocycles. The summed E-state index contributed by atoms with van der Waals surface area (Å²) >= 11 is 0. The average molecular weight is 592 g/mol. The molecule has 1 amide bonds. The summed E-state index contributed by atoms with van der Waals surface area (Å²) in [7, 11) is 2.07. The van der Waals surface area contributed by atoms with Gasteiger partial charge in [-0.15, -0.1) is 0 Å². The van der Waals surface area contributed by atoms with Crippen molar-refractivity contribution in [2.24, 2.45) is 17.4 Å². The number of hydrogen-bond donors (Lipinski definition) is 2. The zero-order valence-corrected chi connectivity index (χ0v) is 25.8. The molecule has 0 aromatic heterocycles. The van der Waals surface area contributed by atoms with Gasteiger partial charge in [-0.05, 0) is 64.5 Å². The third-order valence-corrected chi connectivity index (χ3v) is 5.35. The Labute approximate surface area is 250 Å². The first-order chi connectivity index (χ1) is 20.2. The fraction of sp³-hybridized carbons (Fsp3) is 0.484. The lowest BCUT2D eigenvalue weighted by Gasteiger charge is -2.26. The van der Waals surface area contributed by atoms with Gasteiger partial charge in [0.25, 0.3) is 12.9 Å². The number of amides is 1. The molecule has 0 saturated carbocycles.